The van der Waals surface area contributed by atoms with Gasteiger partial charge in [0, 0.05) is 19.2 Å². The van der Waals surface area contributed by atoms with E-state index in [0.717, 1.165) is 18.9 Å². The van der Waals surface area contributed by atoms with Crippen molar-refractivity contribution in [3.63, 3.8) is 0 Å². The first-order chi connectivity index (χ1) is 12.0. The molecule has 2 aromatic heterocycles. The Morgan fingerprint density at radius 1 is 1.32 bits per heavy atom. The number of hydrogen-bond acceptors (Lipinski definition) is 6. The minimum atomic E-state index is -0.316. The maximum Gasteiger partial charge on any atom is 0.319 e. The number of aromatic nitrogens is 2. The van der Waals surface area contributed by atoms with Crippen LogP contribution in [0.3, 0.4) is 0 Å². The lowest BCUT2D eigenvalue weighted by molar-refractivity contribution is -0.00545. The molecular weight excluding hydrogens is 322 g/mol. The van der Waals surface area contributed by atoms with Gasteiger partial charge in [0.2, 0.25) is 0 Å². The molecule has 25 heavy (non-hydrogen) atoms. The largest absolute Gasteiger partial charge is 0.372 e. The predicted octanol–water partition coefficient (Wildman–Crippen LogP) is 2.31. The number of amides is 2. The number of aryl methyl sites for hydroxylation is 1. The van der Waals surface area contributed by atoms with Crippen molar-refractivity contribution in [2.24, 2.45) is 0 Å². The van der Waals surface area contributed by atoms with Crippen LogP contribution in [-0.2, 0) is 11.3 Å². The van der Waals surface area contributed by atoms with Crippen LogP contribution in [0.5, 0.6) is 0 Å². The van der Waals surface area contributed by atoms with Crippen molar-refractivity contribution in [1.29, 1.82) is 0 Å². The number of hydrogen-bond donors (Lipinski definition) is 2. The van der Waals surface area contributed by atoms with Crippen LogP contribution >= 0.6 is 0 Å². The Labute approximate surface area is 146 Å². The fourth-order valence-corrected chi connectivity index (χ4v) is 2.86. The van der Waals surface area contributed by atoms with Crippen molar-refractivity contribution in [3.05, 3.63) is 35.9 Å². The maximum absolute atomic E-state index is 11.9. The molecule has 3 rings (SSSR count). The number of morpholine rings is 1. The second kappa shape index (κ2) is 7.52. The van der Waals surface area contributed by atoms with Crippen molar-refractivity contribution in [2.75, 3.05) is 23.3 Å². The summed E-state index contributed by atoms with van der Waals surface area (Å²) in [6, 6.07) is 5.21. The Morgan fingerprint density at radius 2 is 2.08 bits per heavy atom. The number of carbonyl (C=O) groups is 1. The van der Waals surface area contributed by atoms with Gasteiger partial charge in [0.15, 0.2) is 0 Å². The smallest absolute Gasteiger partial charge is 0.319 e. The Hall–Kier alpha value is -2.61. The number of pyridine rings is 1. The number of carbonyl (C=O) groups excluding carboxylic acids is 1. The molecule has 0 radical (unpaired) electrons. The topological polar surface area (TPSA) is 92.5 Å². The Morgan fingerprint density at radius 3 is 2.68 bits per heavy atom. The molecule has 0 spiro atoms. The molecule has 2 aromatic rings. The average Bonchev–Trinajstić information content (AvgIpc) is 2.98. The first-order valence-electron chi connectivity index (χ1n) is 8.33. The molecular formula is C17H23N5O3. The summed E-state index contributed by atoms with van der Waals surface area (Å²) in [5.74, 6) is 1.59. The van der Waals surface area contributed by atoms with Crippen LogP contribution in [0, 0.1) is 6.92 Å². The number of nitrogens with zero attached hydrogens (tertiary/aromatic N) is 3. The first kappa shape index (κ1) is 17.2. The molecule has 1 aliphatic heterocycles. The van der Waals surface area contributed by atoms with Gasteiger partial charge in [0.1, 0.15) is 17.3 Å². The van der Waals surface area contributed by atoms with Gasteiger partial charge < -0.3 is 24.8 Å². The molecule has 0 bridgehead atoms. The van der Waals surface area contributed by atoms with E-state index in [1.165, 1.54) is 0 Å². The molecule has 2 N–H and O–H groups in total. The van der Waals surface area contributed by atoms with Gasteiger partial charge in [-0.15, -0.1) is 0 Å². The molecule has 1 saturated heterocycles. The first-order valence-corrected chi connectivity index (χ1v) is 8.33. The van der Waals surface area contributed by atoms with E-state index in [1.54, 1.807) is 19.2 Å². The van der Waals surface area contributed by atoms with Crippen LogP contribution in [0.4, 0.5) is 16.3 Å². The quantitative estimate of drug-likeness (QED) is 0.883. The molecule has 2 amide bonds. The van der Waals surface area contributed by atoms with E-state index in [1.807, 2.05) is 12.1 Å². The van der Waals surface area contributed by atoms with Gasteiger partial charge in [-0.25, -0.2) is 9.78 Å². The lowest BCUT2D eigenvalue weighted by Gasteiger charge is -2.36. The Bertz CT molecular complexity index is 705. The zero-order chi connectivity index (χ0) is 17.8. The number of ether oxygens (including phenoxy) is 1. The number of rotatable bonds is 4. The third kappa shape index (κ3) is 4.69. The van der Waals surface area contributed by atoms with Gasteiger partial charge in [-0.2, -0.15) is 0 Å². The molecule has 8 nitrogen and oxygen atoms in total. The molecule has 8 heteroatoms. The highest BCUT2D eigenvalue weighted by Gasteiger charge is 2.23. The van der Waals surface area contributed by atoms with E-state index >= 15 is 0 Å². The van der Waals surface area contributed by atoms with Gasteiger partial charge in [-0.1, -0.05) is 5.16 Å². The van der Waals surface area contributed by atoms with E-state index in [2.05, 4.69) is 39.5 Å². The second-order valence-corrected chi connectivity index (χ2v) is 6.30. The summed E-state index contributed by atoms with van der Waals surface area (Å²) < 4.78 is 10.7. The molecule has 0 aliphatic carbocycles. The zero-order valence-corrected chi connectivity index (χ0v) is 14.7. The number of anilines is 2. The van der Waals surface area contributed by atoms with Crippen molar-refractivity contribution in [1.82, 2.24) is 15.5 Å². The normalized spacial score (nSPS) is 20.4. The third-order valence-corrected chi connectivity index (χ3v) is 3.86. The van der Waals surface area contributed by atoms with Gasteiger partial charge in [-0.05, 0) is 32.9 Å². The van der Waals surface area contributed by atoms with Gasteiger partial charge in [-0.3, -0.25) is 0 Å². The Balaban J connectivity index is 1.52. The summed E-state index contributed by atoms with van der Waals surface area (Å²) in [5.41, 5.74) is 1.31. The van der Waals surface area contributed by atoms with E-state index in [-0.39, 0.29) is 18.2 Å². The fraction of sp³-hybridized carbons (Fsp3) is 0.471. The van der Waals surface area contributed by atoms with Crippen LogP contribution in [0.2, 0.25) is 0 Å². The average molecular weight is 345 g/mol. The minimum absolute atomic E-state index is 0.175. The highest BCUT2D eigenvalue weighted by molar-refractivity contribution is 5.89. The summed E-state index contributed by atoms with van der Waals surface area (Å²) in [4.78, 5) is 18.6. The lowest BCUT2D eigenvalue weighted by atomic mass is 10.2. The minimum Gasteiger partial charge on any atom is -0.372 e. The lowest BCUT2D eigenvalue weighted by Crippen LogP contribution is -2.45. The summed E-state index contributed by atoms with van der Waals surface area (Å²) >= 11 is 0. The van der Waals surface area contributed by atoms with E-state index < -0.39 is 0 Å². The van der Waals surface area contributed by atoms with Crippen molar-refractivity contribution >= 4 is 17.5 Å². The molecule has 3 heterocycles. The van der Waals surface area contributed by atoms with Crippen LogP contribution in [-0.4, -0.2) is 41.5 Å². The van der Waals surface area contributed by atoms with Crippen LogP contribution in [0.25, 0.3) is 0 Å². The predicted molar refractivity (Wildman–Crippen MR) is 93.6 cm³/mol. The monoisotopic (exact) mass is 345 g/mol. The van der Waals surface area contributed by atoms with E-state index in [9.17, 15) is 4.79 Å². The highest BCUT2D eigenvalue weighted by atomic mass is 16.5. The third-order valence-electron chi connectivity index (χ3n) is 3.86. The number of nitrogens with one attached hydrogen (secondary N) is 2. The van der Waals surface area contributed by atoms with Crippen molar-refractivity contribution in [2.45, 2.75) is 39.5 Å². The molecule has 1 aliphatic rings. The molecule has 2 atom stereocenters. The van der Waals surface area contributed by atoms with Gasteiger partial charge >= 0.3 is 6.03 Å². The summed E-state index contributed by atoms with van der Waals surface area (Å²) in [6.45, 7) is 7.83. The zero-order valence-electron chi connectivity index (χ0n) is 14.7. The maximum atomic E-state index is 11.9. The van der Waals surface area contributed by atoms with E-state index in [4.69, 9.17) is 9.26 Å². The van der Waals surface area contributed by atoms with Gasteiger partial charge in [0.25, 0.3) is 0 Å². The standard InChI is InChI=1S/C17H23N5O3/c1-11-6-15(21-25-11)8-19-17(23)20-14-4-5-16(18-7-14)22-9-12(2)24-13(3)10-22/h4-7,12-13H,8-10H2,1-3H3,(H2,19,20,23). The highest BCUT2D eigenvalue weighted by Crippen LogP contribution is 2.19. The van der Waals surface area contributed by atoms with Crippen LogP contribution in [0.1, 0.15) is 25.3 Å². The molecule has 0 saturated carbocycles. The number of urea groups is 1. The second-order valence-electron chi connectivity index (χ2n) is 6.30. The summed E-state index contributed by atoms with van der Waals surface area (Å²) in [6.07, 6.45) is 2.00. The van der Waals surface area contributed by atoms with Gasteiger partial charge in [0.05, 0.1) is 30.6 Å². The SMILES string of the molecule is Cc1cc(CNC(=O)Nc2ccc(N3CC(C)OC(C)C3)nc2)no1. The Kier molecular flexibility index (Phi) is 5.18. The van der Waals surface area contributed by atoms with Crippen LogP contribution in [0.15, 0.2) is 28.9 Å². The molecule has 1 fully saturated rings. The van der Waals surface area contributed by atoms with E-state index in [0.29, 0.717) is 23.7 Å². The molecule has 134 valence electrons. The van der Waals surface area contributed by atoms with Crippen LogP contribution < -0.4 is 15.5 Å². The summed E-state index contributed by atoms with van der Waals surface area (Å²) in [7, 11) is 0. The molecule has 2 unspecified atom stereocenters. The molecule has 0 aromatic carbocycles. The van der Waals surface area contributed by atoms with Crippen molar-refractivity contribution in [3.8, 4) is 0 Å². The summed E-state index contributed by atoms with van der Waals surface area (Å²) in [5, 5.41) is 9.30. The van der Waals surface area contributed by atoms with Crippen molar-refractivity contribution < 1.29 is 14.1 Å². The fourth-order valence-electron chi connectivity index (χ4n) is 2.86.